The molecule has 0 aromatic heterocycles. The number of anilines is 1. The van der Waals surface area contributed by atoms with Gasteiger partial charge in [0.25, 0.3) is 5.91 Å². The van der Waals surface area contributed by atoms with E-state index in [1.54, 1.807) is 49.4 Å². The highest BCUT2D eigenvalue weighted by atomic mass is 35.5. The molecule has 0 fully saturated rings. The zero-order chi connectivity index (χ0) is 18.9. The van der Waals surface area contributed by atoms with Gasteiger partial charge in [-0.05, 0) is 53.6 Å². The van der Waals surface area contributed by atoms with Crippen LogP contribution in [0.1, 0.15) is 15.9 Å². The van der Waals surface area contributed by atoms with E-state index in [1.165, 1.54) is 12.1 Å². The van der Waals surface area contributed by atoms with Gasteiger partial charge in [-0.25, -0.2) is 0 Å². The van der Waals surface area contributed by atoms with Crippen molar-refractivity contribution in [3.63, 3.8) is 0 Å². The van der Waals surface area contributed by atoms with E-state index in [0.29, 0.717) is 16.1 Å². The lowest BCUT2D eigenvalue weighted by molar-refractivity contribution is -0.211. The van der Waals surface area contributed by atoms with Gasteiger partial charge in [-0.15, -0.1) is 0 Å². The van der Waals surface area contributed by atoms with Gasteiger partial charge in [0.15, 0.2) is 0 Å². The number of halogens is 1. The van der Waals surface area contributed by atoms with Crippen LogP contribution in [0, 0.1) is 6.92 Å². The first-order valence-electron chi connectivity index (χ1n) is 7.57. The number of hydrogen-bond donors (Lipinski definition) is 2. The minimum atomic E-state index is -5.08. The van der Waals surface area contributed by atoms with Crippen LogP contribution in [0.5, 0.6) is 5.75 Å². The summed E-state index contributed by atoms with van der Waals surface area (Å²) in [5.74, 6) is -0.835. The molecule has 134 valence electrons. The molecule has 0 saturated carbocycles. The number of aryl methyl sites for hydroxylation is 1. The summed E-state index contributed by atoms with van der Waals surface area (Å²) in [7, 11) is -5.08. The minimum absolute atomic E-state index is 0.0248. The lowest BCUT2D eigenvalue weighted by Gasteiger charge is -2.20. The Labute approximate surface area is 154 Å². The van der Waals surface area contributed by atoms with Crippen molar-refractivity contribution < 1.29 is 23.7 Å². The van der Waals surface area contributed by atoms with Gasteiger partial charge in [0.05, 0.1) is 5.56 Å². The van der Waals surface area contributed by atoms with Crippen molar-refractivity contribution in [2.24, 2.45) is 0 Å². The first-order chi connectivity index (χ1) is 12.2. The average Bonchev–Trinajstić information content (AvgIpc) is 2.55. The van der Waals surface area contributed by atoms with E-state index in [4.69, 9.17) is 16.5 Å². The molecule has 0 aliphatic heterocycles. The first kappa shape index (κ1) is 18.4. The summed E-state index contributed by atoms with van der Waals surface area (Å²) in [5, 5.41) is 4.61. The van der Waals surface area contributed by atoms with Gasteiger partial charge in [0, 0.05) is 10.7 Å². The van der Waals surface area contributed by atoms with Crippen LogP contribution in [0.15, 0.2) is 54.6 Å². The van der Waals surface area contributed by atoms with E-state index in [1.807, 2.05) is 0 Å². The number of phosphoric ester groups is 1. The van der Waals surface area contributed by atoms with Crippen molar-refractivity contribution in [2.75, 3.05) is 5.32 Å². The molecule has 0 saturated heterocycles. The zero-order valence-corrected chi connectivity index (χ0v) is 15.3. The van der Waals surface area contributed by atoms with Crippen LogP contribution in [0.25, 0.3) is 10.8 Å². The van der Waals surface area contributed by atoms with E-state index < -0.39 is 13.7 Å². The van der Waals surface area contributed by atoms with E-state index >= 15 is 0 Å². The van der Waals surface area contributed by atoms with Gasteiger partial charge in [-0.3, -0.25) is 9.36 Å². The topological polar surface area (TPSA) is 98.7 Å². The summed E-state index contributed by atoms with van der Waals surface area (Å²) in [4.78, 5) is 32.9. The highest BCUT2D eigenvalue weighted by Crippen LogP contribution is 2.37. The molecule has 0 aliphatic carbocycles. The van der Waals surface area contributed by atoms with Gasteiger partial charge in [0.2, 0.25) is 0 Å². The smallest absolute Gasteiger partial charge is 0.317 e. The summed E-state index contributed by atoms with van der Waals surface area (Å²) in [6.45, 7) is 1.78. The normalized spacial score (nSPS) is 13.2. The maximum absolute atomic E-state index is 12.7. The molecule has 8 heteroatoms. The largest absolute Gasteiger partial charge is 0.746 e. The second-order valence-corrected chi connectivity index (χ2v) is 7.22. The van der Waals surface area contributed by atoms with Gasteiger partial charge >= 0.3 is 7.82 Å². The Bertz CT molecular complexity index is 1050. The van der Waals surface area contributed by atoms with Crippen LogP contribution >= 0.6 is 19.4 Å². The van der Waals surface area contributed by atoms with Crippen molar-refractivity contribution in [2.45, 2.75) is 6.92 Å². The standard InChI is InChI=1S/C18H15ClNO5P/c1-11-8-14(19)6-7-16(11)20-18(21)15-9-12-4-2-3-5-13(12)10-17(15)25-26(22,23)24/h2-10H,1H3,(H,20,21)(H2,22,23,24)/p-1. The fraction of sp³-hybridized carbons (Fsp3) is 0.0556. The Balaban J connectivity index is 2.04. The van der Waals surface area contributed by atoms with Crippen LogP contribution in [-0.4, -0.2) is 10.8 Å². The monoisotopic (exact) mass is 390 g/mol. The SMILES string of the molecule is Cc1cc(Cl)ccc1NC(=O)c1cc2ccccc2cc1OP(=O)([O-])O. The van der Waals surface area contributed by atoms with Gasteiger partial charge in [-0.1, -0.05) is 35.9 Å². The van der Waals surface area contributed by atoms with Crippen molar-refractivity contribution in [1.82, 2.24) is 0 Å². The second kappa shape index (κ2) is 7.09. The third-order valence-electron chi connectivity index (χ3n) is 3.74. The number of benzene rings is 3. The molecular weight excluding hydrogens is 377 g/mol. The molecule has 0 radical (unpaired) electrons. The summed E-state index contributed by atoms with van der Waals surface area (Å²) in [5.41, 5.74) is 1.24. The molecule has 6 nitrogen and oxygen atoms in total. The summed E-state index contributed by atoms with van der Waals surface area (Å²) in [6.07, 6.45) is 0. The van der Waals surface area contributed by atoms with Gasteiger partial charge in [-0.2, -0.15) is 0 Å². The Morgan fingerprint density at radius 2 is 1.81 bits per heavy atom. The molecule has 3 aromatic rings. The average molecular weight is 391 g/mol. The molecule has 0 heterocycles. The molecule has 1 amide bonds. The van der Waals surface area contributed by atoms with Crippen molar-refractivity contribution in [1.29, 1.82) is 0 Å². The Morgan fingerprint density at radius 3 is 2.42 bits per heavy atom. The third-order valence-corrected chi connectivity index (χ3v) is 4.41. The summed E-state index contributed by atoms with van der Waals surface area (Å²) < 4.78 is 15.8. The van der Waals surface area contributed by atoms with E-state index in [9.17, 15) is 14.3 Å². The number of rotatable bonds is 4. The predicted octanol–water partition coefficient (Wildman–Crippen LogP) is 3.89. The quantitative estimate of drug-likeness (QED) is 0.658. The molecular formula is C18H14ClNO5P-. The molecule has 1 unspecified atom stereocenters. The fourth-order valence-electron chi connectivity index (χ4n) is 2.55. The Morgan fingerprint density at radius 1 is 1.15 bits per heavy atom. The molecule has 2 N–H and O–H groups in total. The number of hydrogen-bond acceptors (Lipinski definition) is 4. The lowest BCUT2D eigenvalue weighted by Crippen LogP contribution is -2.15. The minimum Gasteiger partial charge on any atom is -0.746 e. The zero-order valence-electron chi connectivity index (χ0n) is 13.6. The second-order valence-electron chi connectivity index (χ2n) is 5.67. The third kappa shape index (κ3) is 4.23. The molecule has 0 aliphatic rings. The van der Waals surface area contributed by atoms with Crippen LogP contribution in [0.2, 0.25) is 5.02 Å². The molecule has 0 bridgehead atoms. The molecule has 1 atom stereocenters. The van der Waals surface area contributed by atoms with E-state index in [0.717, 1.165) is 10.9 Å². The van der Waals surface area contributed by atoms with Crippen molar-refractivity contribution in [3.05, 3.63) is 70.7 Å². The number of nitrogens with one attached hydrogen (secondary N) is 1. The number of fused-ring (bicyclic) bond motifs is 1. The van der Waals surface area contributed by atoms with Crippen LogP contribution in [0.4, 0.5) is 5.69 Å². The molecule has 0 spiro atoms. The summed E-state index contributed by atoms with van der Waals surface area (Å²) >= 11 is 5.91. The van der Waals surface area contributed by atoms with E-state index in [2.05, 4.69) is 9.84 Å². The Hall–Kier alpha value is -2.37. The van der Waals surface area contributed by atoms with Crippen LogP contribution in [-0.2, 0) is 4.57 Å². The van der Waals surface area contributed by atoms with Gasteiger partial charge < -0.3 is 19.6 Å². The highest BCUT2D eigenvalue weighted by Gasteiger charge is 2.18. The number of phosphoric acid groups is 1. The maximum atomic E-state index is 12.7. The number of amides is 1. The predicted molar refractivity (Wildman–Crippen MR) is 98.5 cm³/mol. The van der Waals surface area contributed by atoms with Crippen molar-refractivity contribution >= 4 is 41.8 Å². The molecule has 26 heavy (non-hydrogen) atoms. The fourth-order valence-corrected chi connectivity index (χ4v) is 3.18. The molecule has 3 rings (SSSR count). The Kier molecular flexibility index (Phi) is 5.03. The number of carbonyl (C=O) groups is 1. The summed E-state index contributed by atoms with van der Waals surface area (Å²) in [6, 6.07) is 14.9. The first-order valence-corrected chi connectivity index (χ1v) is 9.44. The lowest BCUT2D eigenvalue weighted by atomic mass is 10.1. The van der Waals surface area contributed by atoms with Crippen LogP contribution < -0.4 is 14.7 Å². The van der Waals surface area contributed by atoms with Gasteiger partial charge in [0.1, 0.15) is 5.75 Å². The maximum Gasteiger partial charge on any atom is 0.317 e. The number of carbonyl (C=O) groups excluding carboxylic acids is 1. The molecule has 3 aromatic carbocycles. The van der Waals surface area contributed by atoms with E-state index in [-0.39, 0.29) is 11.3 Å². The van der Waals surface area contributed by atoms with Crippen LogP contribution in [0.3, 0.4) is 0 Å². The highest BCUT2D eigenvalue weighted by molar-refractivity contribution is 7.45. The van der Waals surface area contributed by atoms with Crippen molar-refractivity contribution in [3.8, 4) is 5.75 Å².